The first kappa shape index (κ1) is 14.1. The van der Waals surface area contributed by atoms with Crippen LogP contribution in [0.4, 0.5) is 13.2 Å². The summed E-state index contributed by atoms with van der Waals surface area (Å²) in [7, 11) is 0. The number of nitrogens with one attached hydrogen (secondary N) is 2. The number of aromatic amines is 1. The van der Waals surface area contributed by atoms with Crippen LogP contribution in [0.25, 0.3) is 0 Å². The van der Waals surface area contributed by atoms with Gasteiger partial charge >= 0.3 is 6.18 Å². The fourth-order valence-corrected chi connectivity index (χ4v) is 1.80. The summed E-state index contributed by atoms with van der Waals surface area (Å²) in [5.41, 5.74) is 0.265. The standard InChI is InChI=1S/C13H12F3N3O/c1-8-2-3-11(13(14,15)16)9(4-8)5-17-12(20)10-6-18-19-7-10/h2-4,6-7H,5H2,1H3,(H,17,20)(H,18,19). The van der Waals surface area contributed by atoms with E-state index in [1.807, 2.05) is 0 Å². The van der Waals surface area contributed by atoms with Crippen LogP contribution in [0.1, 0.15) is 27.0 Å². The molecule has 0 fully saturated rings. The number of hydrogen-bond donors (Lipinski definition) is 2. The number of hydrogen-bond acceptors (Lipinski definition) is 2. The van der Waals surface area contributed by atoms with E-state index in [2.05, 4.69) is 15.5 Å². The van der Waals surface area contributed by atoms with E-state index in [1.54, 1.807) is 6.92 Å². The Bertz CT molecular complexity index is 606. The Kier molecular flexibility index (Phi) is 3.78. The van der Waals surface area contributed by atoms with Crippen LogP contribution < -0.4 is 5.32 Å². The van der Waals surface area contributed by atoms with Crippen molar-refractivity contribution in [2.24, 2.45) is 0 Å². The number of amides is 1. The van der Waals surface area contributed by atoms with Crippen LogP contribution in [0.5, 0.6) is 0 Å². The molecule has 0 saturated carbocycles. The second kappa shape index (κ2) is 5.36. The first-order chi connectivity index (χ1) is 9.38. The molecule has 0 spiro atoms. The van der Waals surface area contributed by atoms with Crippen molar-refractivity contribution in [2.75, 3.05) is 0 Å². The third-order valence-corrected chi connectivity index (χ3v) is 2.77. The zero-order chi connectivity index (χ0) is 14.8. The van der Waals surface area contributed by atoms with Crippen molar-refractivity contribution in [3.05, 3.63) is 52.8 Å². The number of aromatic nitrogens is 2. The molecule has 2 N–H and O–H groups in total. The quantitative estimate of drug-likeness (QED) is 0.909. The van der Waals surface area contributed by atoms with E-state index >= 15 is 0 Å². The summed E-state index contributed by atoms with van der Waals surface area (Å²) in [4.78, 5) is 11.7. The summed E-state index contributed by atoms with van der Waals surface area (Å²) in [6.07, 6.45) is -1.77. The van der Waals surface area contributed by atoms with Crippen molar-refractivity contribution < 1.29 is 18.0 Å². The van der Waals surface area contributed by atoms with E-state index in [0.29, 0.717) is 5.56 Å². The Labute approximate surface area is 113 Å². The van der Waals surface area contributed by atoms with Crippen molar-refractivity contribution in [1.29, 1.82) is 0 Å². The van der Waals surface area contributed by atoms with Gasteiger partial charge in [-0.15, -0.1) is 0 Å². The molecule has 106 valence electrons. The van der Waals surface area contributed by atoms with E-state index in [0.717, 1.165) is 6.07 Å². The van der Waals surface area contributed by atoms with Gasteiger partial charge in [0, 0.05) is 12.7 Å². The van der Waals surface area contributed by atoms with Gasteiger partial charge in [0.15, 0.2) is 0 Å². The molecule has 7 heteroatoms. The van der Waals surface area contributed by atoms with Gasteiger partial charge in [-0.3, -0.25) is 9.89 Å². The van der Waals surface area contributed by atoms with Gasteiger partial charge in [0.05, 0.1) is 17.3 Å². The lowest BCUT2D eigenvalue weighted by atomic mass is 10.0. The molecule has 2 aromatic rings. The maximum Gasteiger partial charge on any atom is 0.416 e. The molecule has 0 bridgehead atoms. The molecule has 1 amide bonds. The number of halogens is 3. The summed E-state index contributed by atoms with van der Waals surface area (Å²) in [5, 5.41) is 8.51. The molecule has 1 aromatic carbocycles. The predicted octanol–water partition coefficient (Wildman–Crippen LogP) is 2.67. The molecule has 0 aliphatic heterocycles. The van der Waals surface area contributed by atoms with Gasteiger partial charge in [0.2, 0.25) is 0 Å². The molecule has 0 atom stereocenters. The molecule has 0 unspecified atom stereocenters. The van der Waals surface area contributed by atoms with Gasteiger partial charge < -0.3 is 5.32 Å². The second-order valence-corrected chi connectivity index (χ2v) is 4.33. The number of alkyl halides is 3. The molecule has 0 saturated heterocycles. The van der Waals surface area contributed by atoms with E-state index in [-0.39, 0.29) is 17.7 Å². The molecular weight excluding hydrogens is 271 g/mol. The molecule has 4 nitrogen and oxygen atoms in total. The fraction of sp³-hybridized carbons (Fsp3) is 0.231. The van der Waals surface area contributed by atoms with E-state index in [9.17, 15) is 18.0 Å². The lowest BCUT2D eigenvalue weighted by Crippen LogP contribution is -2.24. The van der Waals surface area contributed by atoms with Gasteiger partial charge in [0.1, 0.15) is 0 Å². The van der Waals surface area contributed by atoms with Crippen molar-refractivity contribution >= 4 is 5.91 Å². The van der Waals surface area contributed by atoms with Crippen LogP contribution in [0.3, 0.4) is 0 Å². The zero-order valence-corrected chi connectivity index (χ0v) is 10.6. The molecular formula is C13H12F3N3O. The highest BCUT2D eigenvalue weighted by Crippen LogP contribution is 2.32. The van der Waals surface area contributed by atoms with Gasteiger partial charge in [-0.1, -0.05) is 17.7 Å². The zero-order valence-electron chi connectivity index (χ0n) is 10.6. The Morgan fingerprint density at radius 3 is 2.75 bits per heavy atom. The Morgan fingerprint density at radius 1 is 1.40 bits per heavy atom. The molecule has 1 aromatic heterocycles. The summed E-state index contributed by atoms with van der Waals surface area (Å²) in [6.45, 7) is 1.50. The summed E-state index contributed by atoms with van der Waals surface area (Å²) < 4.78 is 38.6. The van der Waals surface area contributed by atoms with Crippen LogP contribution in [0, 0.1) is 6.92 Å². The largest absolute Gasteiger partial charge is 0.416 e. The molecule has 20 heavy (non-hydrogen) atoms. The number of rotatable bonds is 3. The number of carbonyl (C=O) groups excluding carboxylic acids is 1. The molecule has 2 rings (SSSR count). The van der Waals surface area contributed by atoms with Crippen LogP contribution in [-0.2, 0) is 12.7 Å². The van der Waals surface area contributed by atoms with Crippen LogP contribution in [-0.4, -0.2) is 16.1 Å². The smallest absolute Gasteiger partial charge is 0.348 e. The van der Waals surface area contributed by atoms with Gasteiger partial charge in [-0.05, 0) is 18.6 Å². The average Bonchev–Trinajstić information content (AvgIpc) is 2.88. The van der Waals surface area contributed by atoms with Crippen molar-refractivity contribution in [3.8, 4) is 0 Å². The van der Waals surface area contributed by atoms with Gasteiger partial charge in [0.25, 0.3) is 5.91 Å². The summed E-state index contributed by atoms with van der Waals surface area (Å²) >= 11 is 0. The van der Waals surface area contributed by atoms with Gasteiger partial charge in [-0.25, -0.2) is 0 Å². The van der Waals surface area contributed by atoms with Crippen LogP contribution in [0.2, 0.25) is 0 Å². The minimum atomic E-state index is -4.44. The number of aryl methyl sites for hydroxylation is 1. The molecule has 1 heterocycles. The second-order valence-electron chi connectivity index (χ2n) is 4.33. The first-order valence-electron chi connectivity index (χ1n) is 5.81. The SMILES string of the molecule is Cc1ccc(C(F)(F)F)c(CNC(=O)c2cn[nH]c2)c1. The van der Waals surface area contributed by atoms with Crippen molar-refractivity contribution in [1.82, 2.24) is 15.5 Å². The Balaban J connectivity index is 2.17. The number of carbonyl (C=O) groups is 1. The fourth-order valence-electron chi connectivity index (χ4n) is 1.80. The normalized spacial score (nSPS) is 11.4. The monoisotopic (exact) mass is 283 g/mol. The average molecular weight is 283 g/mol. The maximum absolute atomic E-state index is 12.9. The third kappa shape index (κ3) is 3.17. The van der Waals surface area contributed by atoms with Crippen LogP contribution >= 0.6 is 0 Å². The first-order valence-corrected chi connectivity index (χ1v) is 5.81. The summed E-state index contributed by atoms with van der Waals surface area (Å²) in [5.74, 6) is -0.478. The minimum absolute atomic E-state index is 0.0364. The molecule has 0 radical (unpaired) electrons. The highest BCUT2D eigenvalue weighted by atomic mass is 19.4. The lowest BCUT2D eigenvalue weighted by molar-refractivity contribution is -0.138. The summed E-state index contributed by atoms with van der Waals surface area (Å²) in [6, 6.07) is 3.83. The van der Waals surface area contributed by atoms with E-state index in [1.165, 1.54) is 24.5 Å². The van der Waals surface area contributed by atoms with Crippen molar-refractivity contribution in [2.45, 2.75) is 19.6 Å². The minimum Gasteiger partial charge on any atom is -0.348 e. The number of nitrogens with zero attached hydrogens (tertiary/aromatic N) is 1. The van der Waals surface area contributed by atoms with E-state index < -0.39 is 17.6 Å². The third-order valence-electron chi connectivity index (χ3n) is 2.77. The molecule has 0 aliphatic carbocycles. The highest BCUT2D eigenvalue weighted by molar-refractivity contribution is 5.93. The maximum atomic E-state index is 12.9. The Morgan fingerprint density at radius 2 is 2.15 bits per heavy atom. The molecule has 0 aliphatic rings. The Hall–Kier alpha value is -2.31. The van der Waals surface area contributed by atoms with E-state index in [4.69, 9.17) is 0 Å². The van der Waals surface area contributed by atoms with Crippen LogP contribution in [0.15, 0.2) is 30.6 Å². The predicted molar refractivity (Wildman–Crippen MR) is 65.9 cm³/mol. The topological polar surface area (TPSA) is 57.8 Å². The van der Waals surface area contributed by atoms with Gasteiger partial charge in [-0.2, -0.15) is 18.3 Å². The number of benzene rings is 1. The van der Waals surface area contributed by atoms with Crippen molar-refractivity contribution in [3.63, 3.8) is 0 Å². The highest BCUT2D eigenvalue weighted by Gasteiger charge is 2.33. The lowest BCUT2D eigenvalue weighted by Gasteiger charge is -2.14. The number of H-pyrrole nitrogens is 1.